The van der Waals surface area contributed by atoms with Crippen molar-refractivity contribution in [2.24, 2.45) is 11.8 Å². The van der Waals surface area contributed by atoms with E-state index in [1.54, 1.807) is 0 Å². The Morgan fingerprint density at radius 2 is 1.47 bits per heavy atom. The lowest BCUT2D eigenvalue weighted by Crippen LogP contribution is -2.27. The van der Waals surface area contributed by atoms with Crippen molar-refractivity contribution in [3.05, 3.63) is 34.3 Å². The van der Waals surface area contributed by atoms with Crippen molar-refractivity contribution in [2.75, 3.05) is 13.1 Å². The first kappa shape index (κ1) is 16.7. The van der Waals surface area contributed by atoms with Crippen molar-refractivity contribution < 1.29 is 0 Å². The molecular formula is C17H28BrN. The van der Waals surface area contributed by atoms with Gasteiger partial charge in [0.25, 0.3) is 0 Å². The highest BCUT2D eigenvalue weighted by Gasteiger charge is 2.09. The van der Waals surface area contributed by atoms with Gasteiger partial charge in [0.05, 0.1) is 0 Å². The van der Waals surface area contributed by atoms with Gasteiger partial charge in [-0.1, -0.05) is 61.8 Å². The van der Waals surface area contributed by atoms with E-state index in [2.05, 4.69) is 72.8 Å². The van der Waals surface area contributed by atoms with E-state index in [0.29, 0.717) is 0 Å². The molecule has 0 heterocycles. The van der Waals surface area contributed by atoms with Crippen LogP contribution in [0.5, 0.6) is 0 Å². The number of nitrogens with zero attached hydrogens (tertiary/aromatic N) is 1. The smallest absolute Gasteiger partial charge is 0.0244 e. The molecule has 108 valence electrons. The summed E-state index contributed by atoms with van der Waals surface area (Å²) in [6, 6.07) is 8.57. The number of hydrogen-bond donors (Lipinski definition) is 0. The topological polar surface area (TPSA) is 3.24 Å². The van der Waals surface area contributed by atoms with Crippen LogP contribution < -0.4 is 0 Å². The zero-order valence-corrected chi connectivity index (χ0v) is 14.4. The van der Waals surface area contributed by atoms with E-state index >= 15 is 0 Å². The average Bonchev–Trinajstić information content (AvgIpc) is 2.34. The van der Waals surface area contributed by atoms with Crippen LogP contribution in [0, 0.1) is 11.8 Å². The number of rotatable bonds is 8. The van der Waals surface area contributed by atoms with Gasteiger partial charge in [-0.2, -0.15) is 0 Å². The molecule has 2 heteroatoms. The molecule has 0 aliphatic carbocycles. The van der Waals surface area contributed by atoms with Crippen molar-refractivity contribution in [1.29, 1.82) is 0 Å². The summed E-state index contributed by atoms with van der Waals surface area (Å²) in [6.07, 6.45) is 2.56. The Hall–Kier alpha value is -0.340. The van der Waals surface area contributed by atoms with Crippen LogP contribution >= 0.6 is 15.9 Å². The normalized spacial score (nSPS) is 11.8. The molecule has 1 aromatic carbocycles. The van der Waals surface area contributed by atoms with Gasteiger partial charge in [0.1, 0.15) is 0 Å². The molecule has 0 aliphatic rings. The van der Waals surface area contributed by atoms with E-state index < -0.39 is 0 Å². The molecule has 0 spiro atoms. The monoisotopic (exact) mass is 325 g/mol. The fourth-order valence-corrected chi connectivity index (χ4v) is 2.43. The SMILES string of the molecule is CC(C)CCN(CCC(C)C)Cc1ccccc1Br. The summed E-state index contributed by atoms with van der Waals surface area (Å²) in [7, 11) is 0. The fraction of sp³-hybridized carbons (Fsp3) is 0.647. The first-order chi connectivity index (χ1) is 8.99. The Morgan fingerprint density at radius 3 is 1.95 bits per heavy atom. The van der Waals surface area contributed by atoms with E-state index in [9.17, 15) is 0 Å². The maximum absolute atomic E-state index is 3.66. The van der Waals surface area contributed by atoms with Gasteiger partial charge in [-0.25, -0.2) is 0 Å². The first-order valence-corrected chi connectivity index (χ1v) is 8.24. The van der Waals surface area contributed by atoms with Crippen LogP contribution in [0.2, 0.25) is 0 Å². The molecule has 0 aromatic heterocycles. The lowest BCUT2D eigenvalue weighted by Gasteiger charge is -2.24. The van der Waals surface area contributed by atoms with E-state index in [-0.39, 0.29) is 0 Å². The molecule has 0 saturated heterocycles. The van der Waals surface area contributed by atoms with Crippen LogP contribution in [-0.2, 0) is 6.54 Å². The van der Waals surface area contributed by atoms with Gasteiger partial charge in [0.2, 0.25) is 0 Å². The predicted molar refractivity (Wildman–Crippen MR) is 88.3 cm³/mol. The number of hydrogen-bond acceptors (Lipinski definition) is 1. The molecular weight excluding hydrogens is 298 g/mol. The van der Waals surface area contributed by atoms with Gasteiger partial charge in [0, 0.05) is 11.0 Å². The summed E-state index contributed by atoms with van der Waals surface area (Å²) in [6.45, 7) is 12.7. The van der Waals surface area contributed by atoms with Crippen LogP contribution in [0.1, 0.15) is 46.1 Å². The molecule has 0 aliphatic heterocycles. The summed E-state index contributed by atoms with van der Waals surface area (Å²) in [5, 5.41) is 0. The zero-order chi connectivity index (χ0) is 14.3. The van der Waals surface area contributed by atoms with Crippen molar-refractivity contribution in [1.82, 2.24) is 4.90 Å². The van der Waals surface area contributed by atoms with Gasteiger partial charge in [-0.3, -0.25) is 4.90 Å². The highest BCUT2D eigenvalue weighted by molar-refractivity contribution is 9.10. The summed E-state index contributed by atoms with van der Waals surface area (Å²) >= 11 is 3.66. The average molecular weight is 326 g/mol. The molecule has 0 radical (unpaired) electrons. The molecule has 0 bridgehead atoms. The fourth-order valence-electron chi connectivity index (χ4n) is 2.02. The van der Waals surface area contributed by atoms with Crippen molar-refractivity contribution in [3.63, 3.8) is 0 Å². The minimum atomic E-state index is 0.778. The Balaban J connectivity index is 2.59. The second kappa shape index (κ2) is 8.76. The lowest BCUT2D eigenvalue weighted by molar-refractivity contribution is 0.235. The van der Waals surface area contributed by atoms with Crippen LogP contribution in [0.15, 0.2) is 28.7 Å². The zero-order valence-electron chi connectivity index (χ0n) is 12.8. The molecule has 19 heavy (non-hydrogen) atoms. The van der Waals surface area contributed by atoms with Crippen LogP contribution in [0.3, 0.4) is 0 Å². The third-order valence-electron chi connectivity index (χ3n) is 3.40. The number of halogens is 1. The maximum Gasteiger partial charge on any atom is 0.0244 e. The van der Waals surface area contributed by atoms with Gasteiger partial charge in [-0.05, 0) is 49.4 Å². The standard InChI is InChI=1S/C17H28BrN/c1-14(2)9-11-19(12-10-15(3)4)13-16-7-5-6-8-17(16)18/h5-8,14-15H,9-13H2,1-4H3. The molecule has 1 nitrogen and oxygen atoms in total. The van der Waals surface area contributed by atoms with E-state index in [1.807, 2.05) is 0 Å². The summed E-state index contributed by atoms with van der Waals surface area (Å²) in [4.78, 5) is 2.60. The predicted octanol–water partition coefficient (Wildman–Crippen LogP) is 5.34. The lowest BCUT2D eigenvalue weighted by atomic mass is 10.1. The van der Waals surface area contributed by atoms with Crippen LogP contribution in [0.4, 0.5) is 0 Å². The highest BCUT2D eigenvalue weighted by Crippen LogP contribution is 2.19. The summed E-state index contributed by atoms with van der Waals surface area (Å²) in [5.41, 5.74) is 1.40. The Labute approximate surface area is 127 Å². The molecule has 0 atom stereocenters. The van der Waals surface area contributed by atoms with Crippen LogP contribution in [0.25, 0.3) is 0 Å². The molecule has 0 saturated carbocycles. The van der Waals surface area contributed by atoms with Crippen molar-refractivity contribution >= 4 is 15.9 Å². The van der Waals surface area contributed by atoms with Crippen molar-refractivity contribution in [3.8, 4) is 0 Å². The summed E-state index contributed by atoms with van der Waals surface area (Å²) < 4.78 is 1.23. The van der Waals surface area contributed by atoms with Gasteiger partial charge >= 0.3 is 0 Å². The molecule has 1 rings (SSSR count). The second-order valence-corrected chi connectivity index (χ2v) is 7.09. The molecule has 1 aromatic rings. The van der Waals surface area contributed by atoms with Gasteiger partial charge < -0.3 is 0 Å². The molecule has 0 fully saturated rings. The largest absolute Gasteiger partial charge is 0.299 e. The summed E-state index contributed by atoms with van der Waals surface area (Å²) in [5.74, 6) is 1.56. The van der Waals surface area contributed by atoms with Gasteiger partial charge in [-0.15, -0.1) is 0 Å². The second-order valence-electron chi connectivity index (χ2n) is 6.23. The Kier molecular flexibility index (Phi) is 7.70. The van der Waals surface area contributed by atoms with E-state index in [1.165, 1.54) is 36.0 Å². The third kappa shape index (κ3) is 7.12. The van der Waals surface area contributed by atoms with Gasteiger partial charge in [0.15, 0.2) is 0 Å². The minimum absolute atomic E-state index is 0.778. The minimum Gasteiger partial charge on any atom is -0.299 e. The molecule has 0 N–H and O–H groups in total. The third-order valence-corrected chi connectivity index (χ3v) is 4.17. The molecule has 0 amide bonds. The number of benzene rings is 1. The van der Waals surface area contributed by atoms with Crippen LogP contribution in [-0.4, -0.2) is 18.0 Å². The maximum atomic E-state index is 3.66. The van der Waals surface area contributed by atoms with E-state index in [4.69, 9.17) is 0 Å². The van der Waals surface area contributed by atoms with Crippen molar-refractivity contribution in [2.45, 2.75) is 47.1 Å². The Morgan fingerprint density at radius 1 is 0.947 bits per heavy atom. The first-order valence-electron chi connectivity index (χ1n) is 7.44. The van der Waals surface area contributed by atoms with E-state index in [0.717, 1.165) is 18.4 Å². The molecule has 0 unspecified atom stereocenters. The highest BCUT2D eigenvalue weighted by atomic mass is 79.9. The quantitative estimate of drug-likeness (QED) is 0.623. The Bertz CT molecular complexity index is 348.